The molecule has 4 aliphatic rings. The molecule has 0 spiro atoms. The predicted molar refractivity (Wildman–Crippen MR) is 74.3 cm³/mol. The molecular formula is C16H28N2. The predicted octanol–water partition coefficient (Wildman–Crippen LogP) is 2.77. The van der Waals surface area contributed by atoms with Crippen molar-refractivity contribution in [2.24, 2.45) is 23.5 Å². The van der Waals surface area contributed by atoms with Gasteiger partial charge in [-0.3, -0.25) is 4.90 Å². The Bertz CT molecular complexity index is 315. The lowest BCUT2D eigenvalue weighted by Gasteiger charge is -2.45. The monoisotopic (exact) mass is 248 g/mol. The minimum atomic E-state index is 0.492. The van der Waals surface area contributed by atoms with E-state index in [1.165, 1.54) is 44.9 Å². The van der Waals surface area contributed by atoms with Crippen molar-refractivity contribution in [2.75, 3.05) is 0 Å². The number of fused-ring (bicyclic) bond motifs is 4. The third-order valence-electron chi connectivity index (χ3n) is 6.71. The zero-order chi connectivity index (χ0) is 12.3. The number of hydrogen-bond acceptors (Lipinski definition) is 2. The first-order valence-electron chi connectivity index (χ1n) is 8.25. The van der Waals surface area contributed by atoms with Crippen LogP contribution in [-0.2, 0) is 0 Å². The van der Waals surface area contributed by atoms with Crippen LogP contribution in [0.1, 0.15) is 58.3 Å². The van der Waals surface area contributed by atoms with E-state index in [0.29, 0.717) is 6.04 Å². The summed E-state index contributed by atoms with van der Waals surface area (Å²) in [4.78, 5) is 2.91. The van der Waals surface area contributed by atoms with Crippen LogP contribution in [0, 0.1) is 17.8 Å². The highest BCUT2D eigenvalue weighted by atomic mass is 15.3. The molecule has 0 aromatic heterocycles. The average molecular weight is 248 g/mol. The number of nitrogens with two attached hydrogens (primary N) is 1. The van der Waals surface area contributed by atoms with Crippen molar-refractivity contribution >= 4 is 0 Å². The SMILES string of the molecule is CC(C1CC2CCC1C2)N1C2CCC1CC(N)C2. The quantitative estimate of drug-likeness (QED) is 0.814. The van der Waals surface area contributed by atoms with E-state index in [-0.39, 0.29) is 0 Å². The molecule has 6 atom stereocenters. The first-order valence-corrected chi connectivity index (χ1v) is 8.25. The van der Waals surface area contributed by atoms with Gasteiger partial charge in [0.15, 0.2) is 0 Å². The van der Waals surface area contributed by atoms with E-state index in [9.17, 15) is 0 Å². The Balaban J connectivity index is 1.50. The van der Waals surface area contributed by atoms with Crippen molar-refractivity contribution in [3.63, 3.8) is 0 Å². The smallest absolute Gasteiger partial charge is 0.0116 e. The van der Waals surface area contributed by atoms with Crippen LogP contribution >= 0.6 is 0 Å². The summed E-state index contributed by atoms with van der Waals surface area (Å²) in [6.45, 7) is 2.54. The van der Waals surface area contributed by atoms with Crippen LogP contribution in [0.2, 0.25) is 0 Å². The van der Waals surface area contributed by atoms with E-state index < -0.39 is 0 Å². The van der Waals surface area contributed by atoms with Crippen molar-refractivity contribution in [3.05, 3.63) is 0 Å². The Morgan fingerprint density at radius 2 is 1.67 bits per heavy atom. The van der Waals surface area contributed by atoms with E-state index in [4.69, 9.17) is 5.73 Å². The fraction of sp³-hybridized carbons (Fsp3) is 1.00. The number of piperidine rings is 1. The van der Waals surface area contributed by atoms with Gasteiger partial charge < -0.3 is 5.73 Å². The maximum atomic E-state index is 6.21. The second kappa shape index (κ2) is 4.21. The van der Waals surface area contributed by atoms with Gasteiger partial charge in [-0.25, -0.2) is 0 Å². The molecule has 2 saturated heterocycles. The van der Waals surface area contributed by atoms with Gasteiger partial charge in [0.1, 0.15) is 0 Å². The molecule has 18 heavy (non-hydrogen) atoms. The molecular weight excluding hydrogens is 220 g/mol. The highest BCUT2D eigenvalue weighted by Gasteiger charge is 2.48. The van der Waals surface area contributed by atoms with Gasteiger partial charge in [-0.15, -0.1) is 0 Å². The van der Waals surface area contributed by atoms with Gasteiger partial charge >= 0.3 is 0 Å². The van der Waals surface area contributed by atoms with Gasteiger partial charge in [0.25, 0.3) is 0 Å². The molecule has 0 aromatic carbocycles. The van der Waals surface area contributed by atoms with Crippen LogP contribution in [0.15, 0.2) is 0 Å². The van der Waals surface area contributed by atoms with E-state index in [2.05, 4.69) is 11.8 Å². The molecule has 4 fully saturated rings. The van der Waals surface area contributed by atoms with Crippen LogP contribution in [0.3, 0.4) is 0 Å². The van der Waals surface area contributed by atoms with E-state index in [0.717, 1.165) is 35.9 Å². The van der Waals surface area contributed by atoms with Crippen LogP contribution < -0.4 is 5.73 Å². The second-order valence-electron chi connectivity index (χ2n) is 7.64. The fourth-order valence-corrected chi connectivity index (χ4v) is 6.03. The molecule has 2 aliphatic carbocycles. The molecule has 6 unspecified atom stereocenters. The highest BCUT2D eigenvalue weighted by molar-refractivity contribution is 5.02. The summed E-state index contributed by atoms with van der Waals surface area (Å²) >= 11 is 0. The van der Waals surface area contributed by atoms with Gasteiger partial charge in [-0.05, 0) is 69.6 Å². The Labute approximate surface area is 111 Å². The first kappa shape index (κ1) is 11.7. The molecule has 0 aromatic rings. The van der Waals surface area contributed by atoms with Crippen LogP contribution in [0.5, 0.6) is 0 Å². The van der Waals surface area contributed by atoms with Crippen LogP contribution in [0.25, 0.3) is 0 Å². The molecule has 0 amide bonds. The summed E-state index contributed by atoms with van der Waals surface area (Å²) in [5.41, 5.74) is 6.21. The lowest BCUT2D eigenvalue weighted by molar-refractivity contribution is 0.0395. The summed E-state index contributed by atoms with van der Waals surface area (Å²) < 4.78 is 0. The Hall–Kier alpha value is -0.0800. The summed E-state index contributed by atoms with van der Waals surface area (Å²) in [5, 5.41) is 0. The normalized spacial score (nSPS) is 53.0. The topological polar surface area (TPSA) is 29.3 Å². The van der Waals surface area contributed by atoms with Crippen molar-refractivity contribution in [2.45, 2.75) is 82.5 Å². The van der Waals surface area contributed by atoms with Crippen molar-refractivity contribution in [1.82, 2.24) is 4.90 Å². The Morgan fingerprint density at radius 1 is 0.944 bits per heavy atom. The van der Waals surface area contributed by atoms with E-state index >= 15 is 0 Å². The van der Waals surface area contributed by atoms with Crippen molar-refractivity contribution < 1.29 is 0 Å². The zero-order valence-electron chi connectivity index (χ0n) is 11.7. The largest absolute Gasteiger partial charge is 0.328 e. The van der Waals surface area contributed by atoms with Gasteiger partial charge in [-0.2, -0.15) is 0 Å². The lowest BCUT2D eigenvalue weighted by atomic mass is 9.81. The second-order valence-corrected chi connectivity index (χ2v) is 7.64. The fourth-order valence-electron chi connectivity index (χ4n) is 6.03. The molecule has 2 nitrogen and oxygen atoms in total. The third-order valence-corrected chi connectivity index (χ3v) is 6.71. The Kier molecular flexibility index (Phi) is 2.74. The molecule has 2 aliphatic heterocycles. The third kappa shape index (κ3) is 1.68. The Morgan fingerprint density at radius 3 is 2.22 bits per heavy atom. The zero-order valence-corrected chi connectivity index (χ0v) is 11.7. The molecule has 2 heterocycles. The highest BCUT2D eigenvalue weighted by Crippen LogP contribution is 2.52. The summed E-state index contributed by atoms with van der Waals surface area (Å²) in [6, 6.07) is 2.98. The standard InChI is InChI=1S/C16H28N2/c1-10(16-7-11-2-3-12(16)6-11)18-14-4-5-15(18)9-13(17)8-14/h10-16H,2-9,17H2,1H3. The molecule has 2 saturated carbocycles. The van der Waals surface area contributed by atoms with Gasteiger partial charge in [-0.1, -0.05) is 6.42 Å². The first-order chi connectivity index (χ1) is 8.72. The maximum Gasteiger partial charge on any atom is 0.0116 e. The van der Waals surface area contributed by atoms with Gasteiger partial charge in [0.05, 0.1) is 0 Å². The van der Waals surface area contributed by atoms with E-state index in [1.807, 2.05) is 0 Å². The average Bonchev–Trinajstić information content (AvgIpc) is 3.02. The van der Waals surface area contributed by atoms with Gasteiger partial charge in [0.2, 0.25) is 0 Å². The molecule has 0 radical (unpaired) electrons. The van der Waals surface area contributed by atoms with Crippen LogP contribution in [0.4, 0.5) is 0 Å². The van der Waals surface area contributed by atoms with Crippen molar-refractivity contribution in [3.8, 4) is 0 Å². The molecule has 102 valence electrons. The molecule has 2 heteroatoms. The number of rotatable bonds is 2. The van der Waals surface area contributed by atoms with E-state index in [1.54, 1.807) is 6.42 Å². The molecule has 4 bridgehead atoms. The van der Waals surface area contributed by atoms with Gasteiger partial charge in [0, 0.05) is 24.2 Å². The minimum absolute atomic E-state index is 0.492. The molecule has 2 N–H and O–H groups in total. The summed E-state index contributed by atoms with van der Waals surface area (Å²) in [6.07, 6.45) is 11.5. The van der Waals surface area contributed by atoms with Crippen molar-refractivity contribution in [1.29, 1.82) is 0 Å². The summed E-state index contributed by atoms with van der Waals surface area (Å²) in [5.74, 6) is 3.17. The minimum Gasteiger partial charge on any atom is -0.328 e. The molecule has 4 rings (SSSR count). The lowest BCUT2D eigenvalue weighted by Crippen LogP contribution is -2.53. The maximum absolute atomic E-state index is 6.21. The van der Waals surface area contributed by atoms with Crippen LogP contribution in [-0.4, -0.2) is 29.1 Å². The number of nitrogens with zero attached hydrogens (tertiary/aromatic N) is 1. The number of hydrogen-bond donors (Lipinski definition) is 1. The summed E-state index contributed by atoms with van der Waals surface area (Å²) in [7, 11) is 0.